The number of hydrogen-bond acceptors (Lipinski definition) is 4. The number of ether oxygens (including phenoxy) is 1. The maximum Gasteiger partial charge on any atom is 0.302 e. The van der Waals surface area contributed by atoms with E-state index in [0.29, 0.717) is 24.2 Å². The molecule has 0 aromatic heterocycles. The number of rotatable bonds is 5. The van der Waals surface area contributed by atoms with Crippen LogP contribution in [0.5, 0.6) is 0 Å². The maximum atomic E-state index is 13.2. The first kappa shape index (κ1) is 23.1. The Morgan fingerprint density at radius 3 is 2.00 bits per heavy atom. The zero-order valence-corrected chi connectivity index (χ0v) is 18.5. The van der Waals surface area contributed by atoms with Gasteiger partial charge in [0.2, 0.25) is 0 Å². The summed E-state index contributed by atoms with van der Waals surface area (Å²) in [4.78, 5) is 36.8. The average molecular weight is 411 g/mol. The van der Waals surface area contributed by atoms with E-state index < -0.39 is 5.54 Å². The Hall–Kier alpha value is -3.15. The molecule has 0 aliphatic heterocycles. The molecule has 2 amide bonds. The highest BCUT2D eigenvalue weighted by molar-refractivity contribution is 5.99. The number of nitrogens with zero attached hydrogens (tertiary/aromatic N) is 1. The van der Waals surface area contributed by atoms with Gasteiger partial charge in [0, 0.05) is 24.5 Å². The summed E-state index contributed by atoms with van der Waals surface area (Å²) in [6, 6.07) is 12.6. The molecule has 0 bridgehead atoms. The number of nitrogens with one attached hydrogen (secondary N) is 1. The average Bonchev–Trinajstić information content (AvgIpc) is 2.64. The van der Waals surface area contributed by atoms with Crippen molar-refractivity contribution in [1.82, 2.24) is 10.4 Å². The fourth-order valence-corrected chi connectivity index (χ4v) is 3.05. The van der Waals surface area contributed by atoms with Crippen LogP contribution in [0.25, 0.3) is 0 Å². The Balaban J connectivity index is 2.15. The van der Waals surface area contributed by atoms with Crippen LogP contribution in [0, 0.1) is 13.8 Å². The summed E-state index contributed by atoms with van der Waals surface area (Å²) in [7, 11) is 0. The second-order valence-corrected chi connectivity index (χ2v) is 8.42. The van der Waals surface area contributed by atoms with E-state index in [1.807, 2.05) is 65.0 Å². The summed E-state index contributed by atoms with van der Waals surface area (Å²) >= 11 is 0. The Bertz CT molecular complexity index is 907. The number of carbonyl (C=O) groups excluding carboxylic acids is 3. The monoisotopic (exact) mass is 410 g/mol. The summed E-state index contributed by atoms with van der Waals surface area (Å²) in [5.41, 5.74) is 6.04. The van der Waals surface area contributed by atoms with E-state index in [9.17, 15) is 14.4 Å². The Morgan fingerprint density at radius 2 is 1.50 bits per heavy atom. The molecule has 6 nitrogen and oxygen atoms in total. The molecule has 2 aromatic rings. The van der Waals surface area contributed by atoms with Gasteiger partial charge in [-0.3, -0.25) is 19.8 Å². The largest absolute Gasteiger partial charge is 0.466 e. The molecule has 6 heteroatoms. The van der Waals surface area contributed by atoms with E-state index in [2.05, 4.69) is 5.43 Å². The van der Waals surface area contributed by atoms with Gasteiger partial charge in [0.1, 0.15) is 0 Å². The first-order valence-electron chi connectivity index (χ1n) is 9.93. The molecule has 0 unspecified atom stereocenters. The molecule has 0 aliphatic rings. The van der Waals surface area contributed by atoms with Crippen LogP contribution >= 0.6 is 0 Å². The fraction of sp³-hybridized carbons (Fsp3) is 0.375. The van der Waals surface area contributed by atoms with Crippen molar-refractivity contribution in [2.45, 2.75) is 53.5 Å². The van der Waals surface area contributed by atoms with Gasteiger partial charge in [0.25, 0.3) is 11.8 Å². The van der Waals surface area contributed by atoms with Crippen molar-refractivity contribution in [3.05, 3.63) is 70.3 Å². The van der Waals surface area contributed by atoms with Crippen molar-refractivity contribution in [1.29, 1.82) is 0 Å². The highest BCUT2D eigenvalue weighted by Gasteiger charge is 2.29. The number of esters is 1. The van der Waals surface area contributed by atoms with Crippen molar-refractivity contribution in [3.8, 4) is 0 Å². The Morgan fingerprint density at radius 1 is 0.933 bits per heavy atom. The summed E-state index contributed by atoms with van der Waals surface area (Å²) in [5.74, 6) is -0.948. The maximum absolute atomic E-state index is 13.2. The third-order valence-corrected chi connectivity index (χ3v) is 4.47. The molecule has 1 N–H and O–H groups in total. The standard InChI is InChI=1S/C24H30N2O4/c1-16-13-17(2)15-21(14-16)23(29)26(24(4,5)6)25-22(28)20-9-7-19(8-10-20)11-12-30-18(3)27/h7-10,13-15H,11-12H2,1-6H3,(H,25,28). The van der Waals surface area contributed by atoms with Gasteiger partial charge in [-0.2, -0.15) is 0 Å². The van der Waals surface area contributed by atoms with E-state index in [1.165, 1.54) is 11.9 Å². The second kappa shape index (κ2) is 9.57. The third-order valence-electron chi connectivity index (χ3n) is 4.47. The molecule has 0 atom stereocenters. The third kappa shape index (κ3) is 6.44. The lowest BCUT2D eigenvalue weighted by molar-refractivity contribution is -0.140. The van der Waals surface area contributed by atoms with Crippen LogP contribution in [0.4, 0.5) is 0 Å². The van der Waals surface area contributed by atoms with Crippen LogP contribution in [-0.2, 0) is 16.0 Å². The van der Waals surface area contributed by atoms with Crippen molar-refractivity contribution >= 4 is 17.8 Å². The van der Waals surface area contributed by atoms with Gasteiger partial charge in [-0.05, 0) is 64.4 Å². The van der Waals surface area contributed by atoms with Gasteiger partial charge in [-0.1, -0.05) is 29.3 Å². The van der Waals surface area contributed by atoms with E-state index in [1.54, 1.807) is 12.1 Å². The second-order valence-electron chi connectivity index (χ2n) is 8.42. The molecule has 0 saturated carbocycles. The van der Waals surface area contributed by atoms with E-state index in [4.69, 9.17) is 4.74 Å². The topological polar surface area (TPSA) is 75.7 Å². The first-order valence-corrected chi connectivity index (χ1v) is 9.93. The Kier molecular flexibility index (Phi) is 7.38. The normalized spacial score (nSPS) is 11.0. The number of carbonyl (C=O) groups is 3. The molecule has 0 heterocycles. The SMILES string of the molecule is CC(=O)OCCc1ccc(C(=O)NN(C(=O)c2cc(C)cc(C)c2)C(C)(C)C)cc1. The van der Waals surface area contributed by atoms with Crippen molar-refractivity contribution in [2.24, 2.45) is 0 Å². The zero-order valence-electron chi connectivity index (χ0n) is 18.5. The predicted octanol–water partition coefficient (Wildman–Crippen LogP) is 3.99. The lowest BCUT2D eigenvalue weighted by Crippen LogP contribution is -2.55. The van der Waals surface area contributed by atoms with Crippen LogP contribution in [0.15, 0.2) is 42.5 Å². The quantitative estimate of drug-likeness (QED) is 0.597. The van der Waals surface area contributed by atoms with Crippen LogP contribution < -0.4 is 5.43 Å². The zero-order chi connectivity index (χ0) is 22.5. The van der Waals surface area contributed by atoms with Crippen LogP contribution in [-0.4, -0.2) is 34.9 Å². The van der Waals surface area contributed by atoms with Crippen LogP contribution in [0.2, 0.25) is 0 Å². The van der Waals surface area contributed by atoms with E-state index in [0.717, 1.165) is 16.7 Å². The first-order chi connectivity index (χ1) is 14.0. The molecule has 30 heavy (non-hydrogen) atoms. The highest BCUT2D eigenvalue weighted by atomic mass is 16.5. The van der Waals surface area contributed by atoms with Crippen LogP contribution in [0.3, 0.4) is 0 Å². The number of hydrogen-bond donors (Lipinski definition) is 1. The summed E-state index contributed by atoms with van der Waals surface area (Å²) in [5, 5.41) is 1.37. The number of hydrazine groups is 1. The van der Waals surface area contributed by atoms with Crippen molar-refractivity contribution in [3.63, 3.8) is 0 Å². The van der Waals surface area contributed by atoms with Gasteiger partial charge in [-0.25, -0.2) is 5.01 Å². The van der Waals surface area contributed by atoms with E-state index in [-0.39, 0.29) is 17.8 Å². The minimum atomic E-state index is -0.617. The number of amides is 2. The molecule has 0 spiro atoms. The molecule has 0 radical (unpaired) electrons. The molecule has 2 aromatic carbocycles. The summed E-state index contributed by atoms with van der Waals surface area (Å²) < 4.78 is 4.94. The van der Waals surface area contributed by atoms with Crippen molar-refractivity contribution in [2.75, 3.05) is 6.61 Å². The molecular weight excluding hydrogens is 380 g/mol. The molecule has 0 aliphatic carbocycles. The van der Waals surface area contributed by atoms with Crippen molar-refractivity contribution < 1.29 is 19.1 Å². The highest BCUT2D eigenvalue weighted by Crippen LogP contribution is 2.18. The smallest absolute Gasteiger partial charge is 0.302 e. The van der Waals surface area contributed by atoms with Gasteiger partial charge >= 0.3 is 5.97 Å². The van der Waals surface area contributed by atoms with Gasteiger partial charge in [-0.15, -0.1) is 0 Å². The fourth-order valence-electron chi connectivity index (χ4n) is 3.05. The molecule has 2 rings (SSSR count). The minimum Gasteiger partial charge on any atom is -0.466 e. The predicted molar refractivity (Wildman–Crippen MR) is 116 cm³/mol. The summed E-state index contributed by atoms with van der Waals surface area (Å²) in [6.45, 7) is 11.1. The summed E-state index contributed by atoms with van der Waals surface area (Å²) in [6.07, 6.45) is 0.570. The number of aryl methyl sites for hydroxylation is 2. The minimum absolute atomic E-state index is 0.263. The molecule has 0 saturated heterocycles. The molecule has 0 fully saturated rings. The lowest BCUT2D eigenvalue weighted by Gasteiger charge is -2.35. The van der Waals surface area contributed by atoms with Gasteiger partial charge in [0.05, 0.1) is 12.1 Å². The van der Waals surface area contributed by atoms with Gasteiger partial charge in [0.15, 0.2) is 0 Å². The number of benzene rings is 2. The molecule has 160 valence electrons. The molecular formula is C24H30N2O4. The Labute approximate surface area is 178 Å². The van der Waals surface area contributed by atoms with E-state index >= 15 is 0 Å². The van der Waals surface area contributed by atoms with Gasteiger partial charge < -0.3 is 4.74 Å². The van der Waals surface area contributed by atoms with Crippen LogP contribution in [0.1, 0.15) is 65.1 Å². The lowest BCUT2D eigenvalue weighted by atomic mass is 10.0.